The van der Waals surface area contributed by atoms with Crippen LogP contribution in [-0.4, -0.2) is 23.4 Å². The van der Waals surface area contributed by atoms with Crippen LogP contribution in [0.25, 0.3) is 0 Å². The lowest BCUT2D eigenvalue weighted by Gasteiger charge is -1.99. The monoisotopic (exact) mass is 310 g/mol. The minimum atomic E-state index is 0.347. The normalized spacial score (nSPS) is 10.5. The molecule has 0 saturated carbocycles. The maximum Gasteiger partial charge on any atom is 0.0431 e. The van der Waals surface area contributed by atoms with Crippen molar-refractivity contribution in [3.05, 3.63) is 0 Å². The van der Waals surface area contributed by atoms with Gasteiger partial charge in [0.2, 0.25) is 0 Å². The van der Waals surface area contributed by atoms with E-state index in [1.54, 1.807) is 0 Å². The number of rotatable bonds is 16. The summed E-state index contributed by atoms with van der Waals surface area (Å²) in [6, 6.07) is 0. The Labute approximate surface area is 138 Å². The van der Waals surface area contributed by atoms with E-state index in [1.165, 1.54) is 77.0 Å². The van der Waals surface area contributed by atoms with Crippen molar-refractivity contribution in [2.75, 3.05) is 13.2 Å². The lowest BCUT2D eigenvalue weighted by atomic mass is 10.1. The first-order chi connectivity index (χ1) is 10.9. The van der Waals surface area contributed by atoms with Gasteiger partial charge in [0.15, 0.2) is 0 Å². The molecule has 0 saturated heterocycles. The zero-order valence-electron chi connectivity index (χ0n) is 14.6. The molecule has 0 unspecified atom stereocenters. The number of aliphatic hydroxyl groups excluding tert-OH is 2. The Kier molecular flexibility index (Phi) is 20.0. The molecule has 0 aliphatic carbocycles. The van der Waals surface area contributed by atoms with Gasteiger partial charge in [-0.3, -0.25) is 0 Å². The van der Waals surface area contributed by atoms with Gasteiger partial charge in [-0.25, -0.2) is 0 Å². The highest BCUT2D eigenvalue weighted by molar-refractivity contribution is 4.98. The van der Waals surface area contributed by atoms with Crippen LogP contribution in [0.3, 0.4) is 0 Å². The third-order valence-corrected chi connectivity index (χ3v) is 4.04. The van der Waals surface area contributed by atoms with Crippen molar-refractivity contribution in [1.29, 1.82) is 0 Å². The Morgan fingerprint density at radius 3 is 0.955 bits per heavy atom. The zero-order chi connectivity index (χ0) is 16.1. The fraction of sp³-hybridized carbons (Fsp3) is 0.900. The van der Waals surface area contributed by atoms with Gasteiger partial charge >= 0.3 is 0 Å². The van der Waals surface area contributed by atoms with E-state index < -0.39 is 0 Å². The SMILES string of the molecule is OCCCCCCCCCC#CCCCCCCCCCO. The van der Waals surface area contributed by atoms with Crippen LogP contribution in [0.1, 0.15) is 103 Å². The Hall–Kier alpha value is -0.520. The number of hydrogen-bond acceptors (Lipinski definition) is 2. The van der Waals surface area contributed by atoms with Gasteiger partial charge in [-0.1, -0.05) is 64.2 Å². The third kappa shape index (κ3) is 19.5. The fourth-order valence-corrected chi connectivity index (χ4v) is 2.59. The van der Waals surface area contributed by atoms with Gasteiger partial charge in [-0.2, -0.15) is 0 Å². The van der Waals surface area contributed by atoms with Crippen molar-refractivity contribution in [2.45, 2.75) is 103 Å². The van der Waals surface area contributed by atoms with Crippen molar-refractivity contribution < 1.29 is 10.2 Å². The average molecular weight is 311 g/mol. The standard InChI is InChI=1S/C20H38O2/c21-19-17-15-13-11-9-7-5-3-1-2-4-6-8-10-12-14-16-18-20-22/h21-22H,3-20H2. The van der Waals surface area contributed by atoms with Crippen molar-refractivity contribution in [3.8, 4) is 11.8 Å². The fourth-order valence-electron chi connectivity index (χ4n) is 2.59. The molecule has 0 amide bonds. The molecule has 0 atom stereocenters. The highest BCUT2D eigenvalue weighted by Gasteiger charge is 1.91. The summed E-state index contributed by atoms with van der Waals surface area (Å²) in [5, 5.41) is 17.4. The van der Waals surface area contributed by atoms with Gasteiger partial charge in [-0.15, -0.1) is 11.8 Å². The highest BCUT2D eigenvalue weighted by Crippen LogP contribution is 2.09. The van der Waals surface area contributed by atoms with Crippen LogP contribution in [0, 0.1) is 11.8 Å². The Morgan fingerprint density at radius 1 is 0.364 bits per heavy atom. The summed E-state index contributed by atoms with van der Waals surface area (Å²) < 4.78 is 0. The molecule has 22 heavy (non-hydrogen) atoms. The van der Waals surface area contributed by atoms with E-state index in [-0.39, 0.29) is 0 Å². The predicted octanol–water partition coefficient (Wildman–Crippen LogP) is 5.22. The van der Waals surface area contributed by atoms with Crippen molar-refractivity contribution in [3.63, 3.8) is 0 Å². The molecule has 0 aromatic heterocycles. The summed E-state index contributed by atoms with van der Waals surface area (Å²) >= 11 is 0. The van der Waals surface area contributed by atoms with Crippen LogP contribution in [0.2, 0.25) is 0 Å². The Bertz CT molecular complexity index is 228. The zero-order valence-corrected chi connectivity index (χ0v) is 14.6. The molecule has 0 aromatic carbocycles. The van der Waals surface area contributed by atoms with Crippen LogP contribution >= 0.6 is 0 Å². The molecule has 2 N–H and O–H groups in total. The van der Waals surface area contributed by atoms with Crippen LogP contribution in [-0.2, 0) is 0 Å². The number of hydrogen-bond donors (Lipinski definition) is 2. The molecule has 0 radical (unpaired) electrons. The van der Waals surface area contributed by atoms with Gasteiger partial charge in [0.05, 0.1) is 0 Å². The second-order valence-electron chi connectivity index (χ2n) is 6.25. The molecule has 130 valence electrons. The summed E-state index contributed by atoms with van der Waals surface area (Å²) in [5.41, 5.74) is 0. The van der Waals surface area contributed by atoms with Crippen LogP contribution in [0.4, 0.5) is 0 Å². The summed E-state index contributed by atoms with van der Waals surface area (Å²) in [7, 11) is 0. The first-order valence-electron chi connectivity index (χ1n) is 9.59. The largest absolute Gasteiger partial charge is 0.396 e. The molecule has 0 bridgehead atoms. The van der Waals surface area contributed by atoms with E-state index in [0.29, 0.717) is 13.2 Å². The van der Waals surface area contributed by atoms with Gasteiger partial charge in [-0.05, 0) is 25.7 Å². The van der Waals surface area contributed by atoms with Crippen LogP contribution < -0.4 is 0 Å². The lowest BCUT2D eigenvalue weighted by Crippen LogP contribution is -1.84. The van der Waals surface area contributed by atoms with E-state index in [0.717, 1.165) is 25.7 Å². The average Bonchev–Trinajstić information content (AvgIpc) is 2.54. The van der Waals surface area contributed by atoms with E-state index >= 15 is 0 Å². The number of unbranched alkanes of at least 4 members (excludes halogenated alkanes) is 14. The smallest absolute Gasteiger partial charge is 0.0431 e. The van der Waals surface area contributed by atoms with Crippen molar-refractivity contribution in [1.82, 2.24) is 0 Å². The Balaban J connectivity index is 3.07. The molecule has 0 heterocycles. The van der Waals surface area contributed by atoms with Gasteiger partial charge in [0.1, 0.15) is 0 Å². The van der Waals surface area contributed by atoms with E-state index in [1.807, 2.05) is 0 Å². The minimum absolute atomic E-state index is 0.347. The molecule has 0 aliphatic heterocycles. The molecule has 0 aromatic rings. The lowest BCUT2D eigenvalue weighted by molar-refractivity contribution is 0.282. The van der Waals surface area contributed by atoms with Crippen LogP contribution in [0.15, 0.2) is 0 Å². The summed E-state index contributed by atoms with van der Waals surface area (Å²) in [6.45, 7) is 0.693. The molecule has 0 fully saturated rings. The second kappa shape index (κ2) is 20.5. The molecular formula is C20H38O2. The maximum atomic E-state index is 8.68. The summed E-state index contributed by atoms with van der Waals surface area (Å²) in [5.74, 6) is 6.61. The van der Waals surface area contributed by atoms with Crippen molar-refractivity contribution in [2.24, 2.45) is 0 Å². The molecule has 2 heteroatoms. The molecular weight excluding hydrogens is 272 g/mol. The van der Waals surface area contributed by atoms with E-state index in [9.17, 15) is 0 Å². The molecule has 0 spiro atoms. The quantitative estimate of drug-likeness (QED) is 0.303. The first kappa shape index (κ1) is 21.5. The summed E-state index contributed by atoms with van der Waals surface area (Å²) in [4.78, 5) is 0. The van der Waals surface area contributed by atoms with E-state index in [4.69, 9.17) is 10.2 Å². The Morgan fingerprint density at radius 2 is 0.636 bits per heavy atom. The van der Waals surface area contributed by atoms with E-state index in [2.05, 4.69) is 11.8 Å². The molecule has 0 rings (SSSR count). The third-order valence-electron chi connectivity index (χ3n) is 4.04. The van der Waals surface area contributed by atoms with Gasteiger partial charge in [0, 0.05) is 26.1 Å². The van der Waals surface area contributed by atoms with Gasteiger partial charge in [0.25, 0.3) is 0 Å². The predicted molar refractivity (Wildman–Crippen MR) is 95.8 cm³/mol. The minimum Gasteiger partial charge on any atom is -0.396 e. The highest BCUT2D eigenvalue weighted by atomic mass is 16.3. The topological polar surface area (TPSA) is 40.5 Å². The summed E-state index contributed by atoms with van der Waals surface area (Å²) in [6.07, 6.45) is 19.3. The van der Waals surface area contributed by atoms with Gasteiger partial charge < -0.3 is 10.2 Å². The number of aliphatic hydroxyl groups is 2. The first-order valence-corrected chi connectivity index (χ1v) is 9.59. The second-order valence-corrected chi connectivity index (χ2v) is 6.25. The molecule has 2 nitrogen and oxygen atoms in total. The van der Waals surface area contributed by atoms with Crippen molar-refractivity contribution >= 4 is 0 Å². The maximum absolute atomic E-state index is 8.68. The van der Waals surface area contributed by atoms with Crippen LogP contribution in [0.5, 0.6) is 0 Å². The molecule has 0 aliphatic rings.